The molecule has 3 rings (SSSR count). The summed E-state index contributed by atoms with van der Waals surface area (Å²) in [5.41, 5.74) is 0.506. The second-order valence-electron chi connectivity index (χ2n) is 7.32. The number of piperazine rings is 1. The number of rotatable bonds is 5. The third-order valence-electron chi connectivity index (χ3n) is 5.72. The topological polar surface area (TPSA) is 59.4 Å². The molecule has 0 bridgehead atoms. The molecule has 0 unspecified atom stereocenters. The minimum atomic E-state index is -0.772. The van der Waals surface area contributed by atoms with Crippen molar-refractivity contribution in [3.63, 3.8) is 0 Å². The number of carbonyl (C=O) groups is 1. The number of nitrogens with zero attached hydrogens (tertiary/aromatic N) is 3. The molecule has 5 heteroatoms. The molecule has 5 nitrogen and oxygen atoms in total. The molecule has 1 aliphatic heterocycles. The lowest BCUT2D eigenvalue weighted by Gasteiger charge is -2.39. The van der Waals surface area contributed by atoms with Gasteiger partial charge < -0.3 is 10.2 Å². The molecular formula is C20H28N4O. The van der Waals surface area contributed by atoms with Crippen LogP contribution in [0, 0.1) is 16.7 Å². The van der Waals surface area contributed by atoms with Crippen molar-refractivity contribution in [3.8, 4) is 6.07 Å². The van der Waals surface area contributed by atoms with Crippen LogP contribution in [0.25, 0.3) is 0 Å². The summed E-state index contributed by atoms with van der Waals surface area (Å²) in [5, 5.41) is 12.5. The third-order valence-corrected chi connectivity index (χ3v) is 5.72. The quantitative estimate of drug-likeness (QED) is 0.894. The van der Waals surface area contributed by atoms with Crippen LogP contribution >= 0.6 is 0 Å². The van der Waals surface area contributed by atoms with Crippen LogP contribution in [-0.4, -0.2) is 49.6 Å². The monoisotopic (exact) mass is 340 g/mol. The van der Waals surface area contributed by atoms with E-state index >= 15 is 0 Å². The maximum atomic E-state index is 12.5. The van der Waals surface area contributed by atoms with Gasteiger partial charge in [-0.2, -0.15) is 5.26 Å². The van der Waals surface area contributed by atoms with Gasteiger partial charge >= 0.3 is 0 Å². The van der Waals surface area contributed by atoms with Gasteiger partial charge in [0.05, 0.1) is 6.07 Å². The van der Waals surface area contributed by atoms with E-state index in [2.05, 4.69) is 52.4 Å². The minimum Gasteiger partial charge on any atom is -0.369 e. The second kappa shape index (κ2) is 7.88. The average Bonchev–Trinajstić information content (AvgIpc) is 3.17. The molecule has 134 valence electrons. The maximum Gasteiger partial charge on any atom is 0.240 e. The highest BCUT2D eigenvalue weighted by atomic mass is 16.2. The number of anilines is 1. The smallest absolute Gasteiger partial charge is 0.240 e. The highest BCUT2D eigenvalue weighted by molar-refractivity contribution is 5.85. The number of benzene rings is 1. The summed E-state index contributed by atoms with van der Waals surface area (Å²) in [4.78, 5) is 17.3. The molecule has 0 radical (unpaired) electrons. The van der Waals surface area contributed by atoms with Crippen LogP contribution in [0.3, 0.4) is 0 Å². The van der Waals surface area contributed by atoms with Gasteiger partial charge in [-0.3, -0.25) is 9.69 Å². The Bertz CT molecular complexity index is 610. The van der Waals surface area contributed by atoms with Crippen molar-refractivity contribution in [1.82, 2.24) is 10.2 Å². The fourth-order valence-corrected chi connectivity index (χ4v) is 3.97. The Morgan fingerprint density at radius 2 is 1.84 bits per heavy atom. The first-order chi connectivity index (χ1) is 12.1. The number of carbonyl (C=O) groups excluding carboxylic acids is 1. The average molecular weight is 340 g/mol. The van der Waals surface area contributed by atoms with E-state index in [4.69, 9.17) is 0 Å². The zero-order valence-electron chi connectivity index (χ0n) is 15.1. The van der Waals surface area contributed by atoms with Gasteiger partial charge in [-0.05, 0) is 31.9 Å². The Hall–Kier alpha value is -2.06. The maximum absolute atomic E-state index is 12.5. The van der Waals surface area contributed by atoms with Crippen molar-refractivity contribution < 1.29 is 4.79 Å². The van der Waals surface area contributed by atoms with Crippen LogP contribution in [0.15, 0.2) is 30.3 Å². The van der Waals surface area contributed by atoms with Gasteiger partial charge in [-0.25, -0.2) is 0 Å². The molecule has 1 aromatic rings. The van der Waals surface area contributed by atoms with Gasteiger partial charge in [0.1, 0.15) is 5.41 Å². The molecule has 25 heavy (non-hydrogen) atoms. The Labute approximate surface area is 150 Å². The summed E-state index contributed by atoms with van der Waals surface area (Å²) >= 11 is 0. The van der Waals surface area contributed by atoms with E-state index in [1.165, 1.54) is 5.69 Å². The van der Waals surface area contributed by atoms with Crippen LogP contribution in [0.5, 0.6) is 0 Å². The number of para-hydroxylation sites is 1. The predicted octanol–water partition coefficient (Wildman–Crippen LogP) is 2.40. The number of nitrogens with one attached hydrogen (secondary N) is 1. The molecular weight excluding hydrogens is 312 g/mol. The number of hydrogen-bond donors (Lipinski definition) is 1. The van der Waals surface area contributed by atoms with E-state index in [1.807, 2.05) is 6.07 Å². The van der Waals surface area contributed by atoms with Crippen LogP contribution in [-0.2, 0) is 4.79 Å². The van der Waals surface area contributed by atoms with E-state index in [9.17, 15) is 10.1 Å². The number of amides is 1. The van der Waals surface area contributed by atoms with E-state index < -0.39 is 5.41 Å². The van der Waals surface area contributed by atoms with Crippen molar-refractivity contribution in [2.75, 3.05) is 37.6 Å². The molecule has 1 N–H and O–H groups in total. The summed E-state index contributed by atoms with van der Waals surface area (Å²) < 4.78 is 0. The zero-order chi connectivity index (χ0) is 17.7. The lowest BCUT2D eigenvalue weighted by Crippen LogP contribution is -2.53. The molecule has 2 aliphatic rings. The Morgan fingerprint density at radius 3 is 2.44 bits per heavy atom. The van der Waals surface area contributed by atoms with Gasteiger partial charge in [0.2, 0.25) is 5.91 Å². The van der Waals surface area contributed by atoms with Gasteiger partial charge in [0.25, 0.3) is 0 Å². The van der Waals surface area contributed by atoms with Crippen LogP contribution in [0.1, 0.15) is 32.6 Å². The normalized spacial score (nSPS) is 21.5. The predicted molar refractivity (Wildman–Crippen MR) is 99.2 cm³/mol. The first kappa shape index (κ1) is 17.8. The molecule has 1 heterocycles. The minimum absolute atomic E-state index is 0.0673. The highest BCUT2D eigenvalue weighted by Gasteiger charge is 2.41. The zero-order valence-corrected chi connectivity index (χ0v) is 15.1. The molecule has 1 saturated carbocycles. The van der Waals surface area contributed by atoms with Gasteiger partial charge in [0, 0.05) is 44.5 Å². The van der Waals surface area contributed by atoms with Gasteiger partial charge in [-0.1, -0.05) is 31.0 Å². The van der Waals surface area contributed by atoms with Crippen LogP contribution in [0.2, 0.25) is 0 Å². The van der Waals surface area contributed by atoms with Gasteiger partial charge in [0.15, 0.2) is 0 Å². The van der Waals surface area contributed by atoms with E-state index in [0.29, 0.717) is 25.4 Å². The van der Waals surface area contributed by atoms with Crippen LogP contribution < -0.4 is 10.2 Å². The molecule has 1 aliphatic carbocycles. The molecule has 1 saturated heterocycles. The summed E-state index contributed by atoms with van der Waals surface area (Å²) in [7, 11) is 0. The molecule has 2 fully saturated rings. The first-order valence-corrected chi connectivity index (χ1v) is 9.38. The molecule has 1 aromatic carbocycles. The number of nitriles is 1. The molecule has 0 aromatic heterocycles. The van der Waals surface area contributed by atoms with Crippen molar-refractivity contribution in [2.24, 2.45) is 5.41 Å². The second-order valence-corrected chi connectivity index (χ2v) is 7.32. The number of hydrogen-bond acceptors (Lipinski definition) is 4. The molecule has 1 amide bonds. The van der Waals surface area contributed by atoms with Crippen molar-refractivity contribution in [3.05, 3.63) is 30.3 Å². The van der Waals surface area contributed by atoms with Crippen molar-refractivity contribution >= 4 is 11.6 Å². The highest BCUT2D eigenvalue weighted by Crippen LogP contribution is 2.37. The Balaban J connectivity index is 1.46. The van der Waals surface area contributed by atoms with Crippen molar-refractivity contribution in [2.45, 2.75) is 38.6 Å². The SMILES string of the molecule is C[C@@H](CNC(=O)C1(C#N)CCCC1)N1CCN(c2ccccc2)CC1. The largest absolute Gasteiger partial charge is 0.369 e. The van der Waals surface area contributed by atoms with Gasteiger partial charge in [-0.15, -0.1) is 0 Å². The first-order valence-electron chi connectivity index (χ1n) is 9.38. The van der Waals surface area contributed by atoms with E-state index in [1.54, 1.807) is 0 Å². The van der Waals surface area contributed by atoms with Crippen LogP contribution in [0.4, 0.5) is 5.69 Å². The Morgan fingerprint density at radius 1 is 1.20 bits per heavy atom. The molecule has 0 spiro atoms. The standard InChI is InChI=1S/C20H28N4O/c1-17(15-22-19(25)20(16-21)9-5-6-10-20)23-11-13-24(14-12-23)18-7-3-2-4-8-18/h2-4,7-8,17H,5-6,9-15H2,1H3,(H,22,25)/t17-/m0/s1. The Kier molecular flexibility index (Phi) is 5.60. The summed E-state index contributed by atoms with van der Waals surface area (Å²) in [5.74, 6) is -0.0673. The summed E-state index contributed by atoms with van der Waals surface area (Å²) in [6.07, 6.45) is 3.38. The third kappa shape index (κ3) is 3.96. The lowest BCUT2D eigenvalue weighted by molar-refractivity contribution is -0.128. The molecule has 1 atom stereocenters. The lowest BCUT2D eigenvalue weighted by atomic mass is 9.87. The van der Waals surface area contributed by atoms with E-state index in [-0.39, 0.29) is 5.91 Å². The fourth-order valence-electron chi connectivity index (χ4n) is 3.97. The van der Waals surface area contributed by atoms with Crippen molar-refractivity contribution in [1.29, 1.82) is 5.26 Å². The summed E-state index contributed by atoms with van der Waals surface area (Å²) in [6.45, 7) is 6.78. The fraction of sp³-hybridized carbons (Fsp3) is 0.600. The summed E-state index contributed by atoms with van der Waals surface area (Å²) in [6, 6.07) is 13.1. The van der Waals surface area contributed by atoms with E-state index in [0.717, 1.165) is 39.0 Å².